The van der Waals surface area contributed by atoms with Crippen LogP contribution in [0.1, 0.15) is 18.5 Å². The van der Waals surface area contributed by atoms with Crippen molar-refractivity contribution < 1.29 is 32.6 Å². The van der Waals surface area contributed by atoms with Gasteiger partial charge < -0.3 is 20.1 Å². The van der Waals surface area contributed by atoms with Crippen LogP contribution in [0.15, 0.2) is 24.4 Å². The number of alkyl halides is 3. The van der Waals surface area contributed by atoms with Crippen LogP contribution in [0, 0.1) is 11.3 Å². The molecule has 8 nitrogen and oxygen atoms in total. The van der Waals surface area contributed by atoms with Crippen LogP contribution in [0.4, 0.5) is 18.0 Å². The van der Waals surface area contributed by atoms with Gasteiger partial charge in [-0.3, -0.25) is 9.88 Å². The highest BCUT2D eigenvalue weighted by atomic mass is 19.4. The zero-order valence-electron chi connectivity index (χ0n) is 17.1. The summed E-state index contributed by atoms with van der Waals surface area (Å²) in [4.78, 5) is 30.0. The number of fused-ring (bicyclic) bond motifs is 1. The standard InChI is InChI=1S/C18H26N4O2.C2HF3O2/c23-17(22-7-3-4-8-22)20-12-18-13-21(9-15(18)11-24-14-18)10-16-5-1-2-6-19-16;3-2(4,5)1(6)7/h1-2,5-6,15H,3-4,7-14H2,(H,20,23);(H,6,7)/t15-,18+;/m1./s1. The average Bonchev–Trinajstić information content (AvgIpc) is 3.43. The molecule has 1 aromatic rings. The van der Waals surface area contributed by atoms with Crippen LogP contribution < -0.4 is 5.32 Å². The van der Waals surface area contributed by atoms with Crippen LogP contribution in [-0.2, 0) is 16.1 Å². The largest absolute Gasteiger partial charge is 0.490 e. The lowest BCUT2D eigenvalue weighted by Crippen LogP contribution is -2.47. The SMILES string of the molecule is O=C(NC[C@]12COC[C@H]1CN(Cc1ccccn1)C2)N1CCCC1.O=C(O)C(F)(F)F. The van der Waals surface area contributed by atoms with Crippen molar-refractivity contribution in [1.29, 1.82) is 0 Å². The van der Waals surface area contributed by atoms with E-state index in [4.69, 9.17) is 14.6 Å². The molecule has 0 bridgehead atoms. The molecule has 2 atom stereocenters. The predicted molar refractivity (Wildman–Crippen MR) is 104 cm³/mol. The number of carboxylic acid groups (broad SMARTS) is 1. The Bertz CT molecular complexity index is 759. The van der Waals surface area contributed by atoms with Crippen LogP contribution >= 0.6 is 0 Å². The smallest absolute Gasteiger partial charge is 0.475 e. The Balaban J connectivity index is 0.000000339. The van der Waals surface area contributed by atoms with E-state index in [-0.39, 0.29) is 11.4 Å². The minimum Gasteiger partial charge on any atom is -0.475 e. The van der Waals surface area contributed by atoms with E-state index in [1.807, 2.05) is 23.2 Å². The first-order valence-electron chi connectivity index (χ1n) is 10.2. The predicted octanol–water partition coefficient (Wildman–Crippen LogP) is 1.97. The van der Waals surface area contributed by atoms with Crippen LogP contribution in [-0.4, -0.2) is 84.0 Å². The molecule has 172 valence electrons. The summed E-state index contributed by atoms with van der Waals surface area (Å²) in [6.07, 6.45) is -0.980. The molecule has 3 aliphatic heterocycles. The molecule has 3 fully saturated rings. The number of aliphatic carboxylic acids is 1. The Kier molecular flexibility index (Phi) is 7.37. The zero-order chi connectivity index (χ0) is 22.5. The second kappa shape index (κ2) is 9.82. The maximum absolute atomic E-state index is 12.3. The number of nitrogens with zero attached hydrogens (tertiary/aromatic N) is 3. The Morgan fingerprint density at radius 1 is 1.29 bits per heavy atom. The third-order valence-electron chi connectivity index (χ3n) is 5.93. The van der Waals surface area contributed by atoms with Crippen LogP contribution in [0.3, 0.4) is 0 Å². The molecule has 0 aromatic carbocycles. The number of hydrogen-bond acceptors (Lipinski definition) is 5. The molecule has 0 aliphatic carbocycles. The van der Waals surface area contributed by atoms with Gasteiger partial charge in [-0.05, 0) is 25.0 Å². The number of halogens is 3. The highest BCUT2D eigenvalue weighted by Gasteiger charge is 2.50. The lowest BCUT2D eigenvalue weighted by molar-refractivity contribution is -0.192. The number of aromatic nitrogens is 1. The van der Waals surface area contributed by atoms with Gasteiger partial charge in [-0.15, -0.1) is 0 Å². The summed E-state index contributed by atoms with van der Waals surface area (Å²) < 4.78 is 37.5. The van der Waals surface area contributed by atoms with Crippen molar-refractivity contribution in [3.63, 3.8) is 0 Å². The Morgan fingerprint density at radius 2 is 2.00 bits per heavy atom. The van der Waals surface area contributed by atoms with E-state index >= 15 is 0 Å². The van der Waals surface area contributed by atoms with Gasteiger partial charge in [-0.2, -0.15) is 13.2 Å². The van der Waals surface area contributed by atoms with E-state index in [9.17, 15) is 18.0 Å². The summed E-state index contributed by atoms with van der Waals surface area (Å²) in [6, 6.07) is 6.15. The first-order valence-corrected chi connectivity index (χ1v) is 10.2. The minimum atomic E-state index is -5.08. The van der Waals surface area contributed by atoms with Gasteiger partial charge in [0.15, 0.2) is 0 Å². The van der Waals surface area contributed by atoms with Crippen molar-refractivity contribution in [1.82, 2.24) is 20.1 Å². The molecule has 3 saturated heterocycles. The van der Waals surface area contributed by atoms with E-state index < -0.39 is 12.1 Å². The van der Waals surface area contributed by atoms with Crippen LogP contribution in [0.2, 0.25) is 0 Å². The summed E-state index contributed by atoms with van der Waals surface area (Å²) >= 11 is 0. The number of hydrogen-bond donors (Lipinski definition) is 2. The van der Waals surface area contributed by atoms with Gasteiger partial charge in [0, 0.05) is 56.8 Å². The molecule has 1 aromatic heterocycles. The first kappa shape index (κ1) is 23.3. The Hall–Kier alpha value is -2.40. The second-order valence-electron chi connectivity index (χ2n) is 8.22. The van der Waals surface area contributed by atoms with E-state index in [2.05, 4.69) is 21.3 Å². The number of pyridine rings is 1. The van der Waals surface area contributed by atoms with Crippen molar-refractivity contribution in [3.05, 3.63) is 30.1 Å². The molecule has 11 heteroatoms. The number of ether oxygens (including phenoxy) is 1. The number of nitrogens with one attached hydrogen (secondary N) is 1. The van der Waals surface area contributed by atoms with E-state index in [1.165, 1.54) is 0 Å². The molecular weight excluding hydrogens is 417 g/mol. The fourth-order valence-electron chi connectivity index (χ4n) is 4.32. The fraction of sp³-hybridized carbons (Fsp3) is 0.650. The number of carbonyl (C=O) groups excluding carboxylic acids is 1. The number of carboxylic acids is 1. The minimum absolute atomic E-state index is 0.0597. The van der Waals surface area contributed by atoms with Crippen LogP contribution in [0.25, 0.3) is 0 Å². The van der Waals surface area contributed by atoms with Crippen molar-refractivity contribution >= 4 is 12.0 Å². The molecule has 0 saturated carbocycles. The monoisotopic (exact) mass is 444 g/mol. The number of urea groups is 1. The maximum Gasteiger partial charge on any atom is 0.490 e. The van der Waals surface area contributed by atoms with Gasteiger partial charge >= 0.3 is 18.2 Å². The molecule has 0 unspecified atom stereocenters. The third-order valence-corrected chi connectivity index (χ3v) is 5.93. The summed E-state index contributed by atoms with van der Waals surface area (Å²) in [5, 5.41) is 10.3. The summed E-state index contributed by atoms with van der Waals surface area (Å²) in [7, 11) is 0. The van der Waals surface area contributed by atoms with E-state index in [0.29, 0.717) is 12.5 Å². The number of likely N-dealkylation sites (tertiary alicyclic amines) is 2. The average molecular weight is 444 g/mol. The lowest BCUT2D eigenvalue weighted by Gasteiger charge is -2.29. The van der Waals surface area contributed by atoms with Gasteiger partial charge in [-0.1, -0.05) is 6.07 Å². The van der Waals surface area contributed by atoms with Crippen molar-refractivity contribution in [3.8, 4) is 0 Å². The Labute approximate surface area is 178 Å². The molecular formula is C20H27F3N4O4. The quantitative estimate of drug-likeness (QED) is 0.738. The molecule has 0 radical (unpaired) electrons. The van der Waals surface area contributed by atoms with Crippen molar-refractivity contribution in [2.24, 2.45) is 11.3 Å². The van der Waals surface area contributed by atoms with Gasteiger partial charge in [-0.25, -0.2) is 9.59 Å². The van der Waals surface area contributed by atoms with Crippen LogP contribution in [0.5, 0.6) is 0 Å². The molecule has 31 heavy (non-hydrogen) atoms. The molecule has 2 N–H and O–H groups in total. The zero-order valence-corrected chi connectivity index (χ0v) is 17.1. The number of amides is 2. The van der Waals surface area contributed by atoms with Crippen molar-refractivity contribution in [2.75, 3.05) is 45.9 Å². The van der Waals surface area contributed by atoms with Gasteiger partial charge in [0.25, 0.3) is 0 Å². The fourth-order valence-corrected chi connectivity index (χ4v) is 4.32. The van der Waals surface area contributed by atoms with Gasteiger partial charge in [0.05, 0.1) is 18.9 Å². The molecule has 4 rings (SSSR count). The molecule has 4 heterocycles. The van der Waals surface area contributed by atoms with Gasteiger partial charge in [0.1, 0.15) is 0 Å². The summed E-state index contributed by atoms with van der Waals surface area (Å²) in [5.74, 6) is -2.26. The third kappa shape index (κ3) is 6.07. The van der Waals surface area contributed by atoms with E-state index in [1.54, 1.807) is 0 Å². The molecule has 3 aliphatic rings. The second-order valence-corrected chi connectivity index (χ2v) is 8.22. The first-order chi connectivity index (χ1) is 14.7. The van der Waals surface area contributed by atoms with E-state index in [0.717, 1.165) is 64.5 Å². The van der Waals surface area contributed by atoms with Crippen molar-refractivity contribution in [2.45, 2.75) is 25.6 Å². The highest BCUT2D eigenvalue weighted by molar-refractivity contribution is 5.74. The normalized spacial score (nSPS) is 25.6. The highest BCUT2D eigenvalue weighted by Crippen LogP contribution is 2.41. The lowest BCUT2D eigenvalue weighted by atomic mass is 9.81. The maximum atomic E-state index is 12.3. The topological polar surface area (TPSA) is 95.0 Å². The summed E-state index contributed by atoms with van der Waals surface area (Å²) in [6.45, 7) is 6.92. The van der Waals surface area contributed by atoms with Gasteiger partial charge in [0.2, 0.25) is 0 Å². The number of rotatable bonds is 4. The summed E-state index contributed by atoms with van der Waals surface area (Å²) in [5.41, 5.74) is 1.17. The molecule has 2 amide bonds. The molecule has 0 spiro atoms. The number of carbonyl (C=O) groups is 2. The Morgan fingerprint density at radius 3 is 2.61 bits per heavy atom.